The molecule has 0 aliphatic heterocycles. The molecule has 1 aromatic heterocycles. The van der Waals surface area contributed by atoms with Gasteiger partial charge in [0, 0.05) is 117 Å². The number of ether oxygens (including phenoxy) is 10. The minimum Gasteiger partial charge on any atom is -0.379 e. The van der Waals surface area contributed by atoms with Crippen molar-refractivity contribution in [3.05, 3.63) is 11.9 Å². The number of aryl methyl sites for hydroxylation is 1. The van der Waals surface area contributed by atoms with Crippen molar-refractivity contribution < 1.29 is 86.3 Å². The Hall–Kier alpha value is -2.68. The van der Waals surface area contributed by atoms with Crippen molar-refractivity contribution in [3.8, 4) is 0 Å². The van der Waals surface area contributed by atoms with Gasteiger partial charge in [-0.1, -0.05) is 318 Å². The molecule has 26 heteroatoms. The van der Waals surface area contributed by atoms with E-state index in [-0.39, 0.29) is 201 Å². The summed E-state index contributed by atoms with van der Waals surface area (Å²) in [7, 11) is 0. The smallest absolute Gasteiger partial charge is 0.221 e. The second kappa shape index (κ2) is 145. The van der Waals surface area contributed by atoms with E-state index in [1.165, 1.54) is 6.42 Å². The first-order chi connectivity index (χ1) is 52.8. The molecule has 0 bridgehead atoms. The fourth-order valence-electron chi connectivity index (χ4n) is 10.5. The number of amides is 2. The predicted molar refractivity (Wildman–Crippen MR) is 585 cm³/mol. The Morgan fingerprint density at radius 1 is 0.336 bits per heavy atom. The van der Waals surface area contributed by atoms with E-state index in [9.17, 15) is 9.59 Å². The molecule has 4 unspecified atom stereocenters. The highest BCUT2D eigenvalue weighted by Gasteiger charge is 2.28. The van der Waals surface area contributed by atoms with Gasteiger partial charge in [0.1, 0.15) is 18.8 Å². The molecule has 2 N–H and O–H groups in total. The van der Waals surface area contributed by atoms with E-state index in [0.717, 1.165) is 140 Å². The molecule has 0 radical (unpaired) electrons. The molecule has 0 aliphatic rings. The molecular formula is C105H258N8O18. The standard InChI is InChI=1S/C53H110N2O16.C19H39N3O2.C11H21N3.22CH4/c1-9-17-20-28-66-69-48-53(71-68-30-22-19-11-3)44-55(43-52(70-67-29-21-18-10-2)47-63-36-33-58-25-14-6)49-54(41-50(64-39-37-59-26-15-7)45-61-34-31-56-23-12-4)42-51(65-40-38-60-27-16-8)46-62-35-32-57-24-13-5;1-15(2)7-11-20-18(23)9-13-22(17(5)6)14-10-19(24)21-12-8-16(3)4;1-9(2)5-6-14-8-11(12-13-14)7-10(3)4;;;;;;;;;;;;;;;;;;;;;;/h50-53H,9-49H2,1-8H3;15-17H,7-14H2,1-6H3,(H,20,23)(H,21,24);8-10H,5-7H2,1-4H3;22*1H4. The number of carbonyl (C=O) groups excluding carboxylic acids is 2. The molecule has 0 aliphatic carbocycles. The van der Waals surface area contributed by atoms with Crippen molar-refractivity contribution in [2.45, 2.75) is 453 Å². The highest BCUT2D eigenvalue weighted by Crippen LogP contribution is 2.14. The molecule has 2 amide bonds. The number of rotatable bonds is 80. The molecule has 0 spiro atoms. The van der Waals surface area contributed by atoms with Gasteiger partial charge >= 0.3 is 0 Å². The minimum absolute atomic E-state index is 0. The van der Waals surface area contributed by atoms with Crippen LogP contribution in [0, 0.1) is 23.7 Å². The lowest BCUT2D eigenvalue weighted by molar-refractivity contribution is -0.369. The number of aromatic nitrogens is 3. The molecule has 0 saturated carbocycles. The monoisotopic (exact) mass is 1920 g/mol. The fraction of sp³-hybridized carbons (Fsp3) is 0.962. The van der Waals surface area contributed by atoms with E-state index in [1.807, 2.05) is 4.68 Å². The van der Waals surface area contributed by atoms with Crippen molar-refractivity contribution in [1.29, 1.82) is 0 Å². The molecule has 0 saturated heterocycles. The molecule has 1 aromatic rings. The summed E-state index contributed by atoms with van der Waals surface area (Å²) in [6.07, 6.45) is 19.4. The molecular weight excluding hydrogens is 1660 g/mol. The second-order valence-electron chi connectivity index (χ2n) is 30.2. The lowest BCUT2D eigenvalue weighted by atomic mass is 10.1. The zero-order valence-electron chi connectivity index (χ0n) is 73.1. The lowest BCUT2D eigenvalue weighted by Gasteiger charge is -2.37. The van der Waals surface area contributed by atoms with E-state index in [2.05, 4.69) is 166 Å². The van der Waals surface area contributed by atoms with Crippen molar-refractivity contribution in [2.75, 3.05) is 204 Å². The van der Waals surface area contributed by atoms with Gasteiger partial charge in [-0.3, -0.25) is 29.0 Å². The maximum Gasteiger partial charge on any atom is 0.221 e. The third-order valence-corrected chi connectivity index (χ3v) is 16.6. The summed E-state index contributed by atoms with van der Waals surface area (Å²) in [5.74, 6) is 2.79. The Labute approximate surface area is 827 Å². The first kappa shape index (κ1) is 191. The van der Waals surface area contributed by atoms with E-state index in [0.29, 0.717) is 215 Å². The summed E-state index contributed by atoms with van der Waals surface area (Å²) >= 11 is 0. The Kier molecular flexibility index (Phi) is 212. The van der Waals surface area contributed by atoms with E-state index >= 15 is 0 Å². The Balaban J connectivity index is -0.0000000730. The minimum atomic E-state index is -0.525. The van der Waals surface area contributed by atoms with Crippen molar-refractivity contribution >= 4 is 11.8 Å². The first-order valence-electron chi connectivity index (χ1n) is 43.1. The molecule has 4 atom stereocenters. The van der Waals surface area contributed by atoms with Crippen LogP contribution in [0.4, 0.5) is 0 Å². The Morgan fingerprint density at radius 3 is 0.954 bits per heavy atom. The largest absolute Gasteiger partial charge is 0.379 e. The van der Waals surface area contributed by atoms with Gasteiger partial charge in [-0.25, -0.2) is 29.3 Å². The first-order valence-corrected chi connectivity index (χ1v) is 43.1. The van der Waals surface area contributed by atoms with Crippen LogP contribution >= 0.6 is 0 Å². The number of hydrogen-bond acceptors (Lipinski definition) is 23. The van der Waals surface area contributed by atoms with Crippen LogP contribution in [0.1, 0.15) is 416 Å². The van der Waals surface area contributed by atoms with Crippen LogP contribution in [0.2, 0.25) is 0 Å². The van der Waals surface area contributed by atoms with Crippen LogP contribution in [-0.4, -0.2) is 276 Å². The quantitative estimate of drug-likeness (QED) is 0.0266. The van der Waals surface area contributed by atoms with Gasteiger partial charge in [0.2, 0.25) is 11.8 Å². The number of nitrogens with one attached hydrogen (secondary N) is 2. The van der Waals surface area contributed by atoms with E-state index < -0.39 is 12.2 Å². The highest BCUT2D eigenvalue weighted by molar-refractivity contribution is 5.76. The van der Waals surface area contributed by atoms with Gasteiger partial charge in [0.15, 0.2) is 0 Å². The normalized spacial score (nSPS) is 10.8. The molecule has 1 heterocycles. The maximum absolute atomic E-state index is 11.9. The van der Waals surface area contributed by atoms with Gasteiger partial charge in [-0.05, 0) is 115 Å². The predicted octanol–water partition coefficient (Wildman–Crippen LogP) is 28.0. The van der Waals surface area contributed by atoms with Crippen molar-refractivity contribution in [1.82, 2.24) is 40.3 Å². The average Bonchev–Trinajstić information content (AvgIpc) is 1.59. The zero-order valence-corrected chi connectivity index (χ0v) is 73.1. The summed E-state index contributed by atoms with van der Waals surface area (Å²) in [5, 5.41) is 14.2. The number of nitrogens with zero attached hydrogens (tertiary/aromatic N) is 6. The van der Waals surface area contributed by atoms with Crippen LogP contribution in [-0.2, 0) is 99.2 Å². The van der Waals surface area contributed by atoms with E-state index in [1.54, 1.807) is 0 Å². The van der Waals surface area contributed by atoms with Gasteiger partial charge in [-0.2, -0.15) is 0 Å². The number of carbonyl (C=O) groups is 2. The van der Waals surface area contributed by atoms with Crippen LogP contribution in [0.25, 0.3) is 0 Å². The highest BCUT2D eigenvalue weighted by atomic mass is 17.2. The Morgan fingerprint density at radius 2 is 0.641 bits per heavy atom. The average molecular weight is 1920 g/mol. The zero-order chi connectivity index (χ0) is 80.9. The van der Waals surface area contributed by atoms with Gasteiger partial charge in [0.05, 0.1) is 130 Å². The Bertz CT molecular complexity index is 1860. The van der Waals surface area contributed by atoms with Gasteiger partial charge in [0.25, 0.3) is 0 Å². The van der Waals surface area contributed by atoms with Crippen LogP contribution < -0.4 is 10.6 Å². The topological polar surface area (TPSA) is 246 Å². The van der Waals surface area contributed by atoms with Crippen LogP contribution in [0.5, 0.6) is 0 Å². The molecule has 0 fully saturated rings. The molecule has 826 valence electrons. The third-order valence-electron chi connectivity index (χ3n) is 16.6. The maximum atomic E-state index is 11.9. The molecule has 1 rings (SSSR count). The second-order valence-corrected chi connectivity index (χ2v) is 30.2. The molecule has 0 aromatic carbocycles. The summed E-state index contributed by atoms with van der Waals surface area (Å²) in [5.41, 5.74) is 1.11. The van der Waals surface area contributed by atoms with Crippen molar-refractivity contribution in [3.63, 3.8) is 0 Å². The van der Waals surface area contributed by atoms with Gasteiger partial charge in [-0.15, -0.1) is 5.10 Å². The molecule has 26 nitrogen and oxygen atoms in total. The fourth-order valence-corrected chi connectivity index (χ4v) is 10.5. The summed E-state index contributed by atoms with van der Waals surface area (Å²) in [4.78, 5) is 66.1. The SMILES string of the molecule is C.C.C.C.C.C.C.C.C.C.C.C.C.C.C.C.C.C.C.C.C.C.CC(C)CCNC(=O)CCN(CCC(=O)NCCC(C)C)C(C)C.CC(C)CCn1cc(CC(C)C)nn1.CCCCCOOCC(CN(CC(COCCOCCC)OOCCCCC)CN(CC(COCCOCCC)OCCOCCC)CC(COCCOCCC)OCCOCCC)OOCCCCC. The number of hydrogen-bond donors (Lipinski definition) is 2. The lowest BCUT2D eigenvalue weighted by Crippen LogP contribution is -2.52. The summed E-state index contributed by atoms with van der Waals surface area (Å²) < 4.78 is 62.7. The third kappa shape index (κ3) is 136. The van der Waals surface area contributed by atoms with Crippen LogP contribution in [0.3, 0.4) is 0 Å². The number of unbranched alkanes of at least 4 members (excludes halogenated alkanes) is 6. The van der Waals surface area contributed by atoms with Crippen molar-refractivity contribution in [2.24, 2.45) is 23.7 Å². The van der Waals surface area contributed by atoms with E-state index in [4.69, 9.17) is 76.7 Å². The summed E-state index contributed by atoms with van der Waals surface area (Å²) in [6.45, 7) is 55.4. The molecule has 131 heavy (non-hydrogen) atoms. The summed E-state index contributed by atoms with van der Waals surface area (Å²) in [6, 6.07) is 0.330. The van der Waals surface area contributed by atoms with Gasteiger partial charge < -0.3 is 58.0 Å². The van der Waals surface area contributed by atoms with Crippen LogP contribution in [0.15, 0.2) is 6.20 Å².